The van der Waals surface area contributed by atoms with E-state index >= 15 is 0 Å². The van der Waals surface area contributed by atoms with Crippen LogP contribution < -0.4 is 14.8 Å². The molecule has 2 heterocycles. The molecule has 5 nitrogen and oxygen atoms in total. The van der Waals surface area contributed by atoms with E-state index in [-0.39, 0.29) is 0 Å². The molecular weight excluding hydrogens is 338 g/mol. The Labute approximate surface area is 162 Å². The van der Waals surface area contributed by atoms with Crippen LogP contribution in [0.15, 0.2) is 42.7 Å². The van der Waals surface area contributed by atoms with Gasteiger partial charge in [0, 0.05) is 24.5 Å². The van der Waals surface area contributed by atoms with Crippen LogP contribution in [0.4, 0.5) is 0 Å². The number of benzene rings is 1. The molecule has 0 unspecified atom stereocenters. The van der Waals surface area contributed by atoms with Crippen LogP contribution in [-0.4, -0.2) is 43.7 Å². The zero-order chi connectivity index (χ0) is 18.9. The van der Waals surface area contributed by atoms with Gasteiger partial charge in [-0.15, -0.1) is 0 Å². The van der Waals surface area contributed by atoms with Crippen LogP contribution in [0.25, 0.3) is 0 Å². The lowest BCUT2D eigenvalue weighted by atomic mass is 9.94. The fourth-order valence-corrected chi connectivity index (χ4v) is 3.48. The van der Waals surface area contributed by atoms with Crippen LogP contribution in [0, 0.1) is 5.92 Å². The molecule has 2 aromatic rings. The number of nitrogens with one attached hydrogen (secondary N) is 1. The van der Waals surface area contributed by atoms with E-state index in [1.54, 1.807) is 13.3 Å². The quantitative estimate of drug-likeness (QED) is 0.686. The Bertz CT molecular complexity index is 685. The highest BCUT2D eigenvalue weighted by Gasteiger charge is 2.15. The first-order valence-electron chi connectivity index (χ1n) is 9.82. The number of hydrogen-bond donors (Lipinski definition) is 1. The van der Waals surface area contributed by atoms with Crippen molar-refractivity contribution in [1.82, 2.24) is 15.2 Å². The van der Waals surface area contributed by atoms with Gasteiger partial charge in [-0.3, -0.25) is 4.98 Å². The number of methoxy groups -OCH3 is 1. The Hall–Kier alpha value is -2.11. The minimum absolute atomic E-state index is 0.483. The maximum atomic E-state index is 5.97. The molecule has 0 aliphatic carbocycles. The summed E-state index contributed by atoms with van der Waals surface area (Å²) in [7, 11) is 3.89. The van der Waals surface area contributed by atoms with Crippen LogP contribution in [0.2, 0.25) is 0 Å². The van der Waals surface area contributed by atoms with Gasteiger partial charge in [0.1, 0.15) is 6.61 Å². The molecule has 0 atom stereocenters. The van der Waals surface area contributed by atoms with Gasteiger partial charge in [0.15, 0.2) is 11.5 Å². The number of likely N-dealkylation sites (tertiary alicyclic amines) is 1. The monoisotopic (exact) mass is 369 g/mol. The number of pyridine rings is 1. The fraction of sp³-hybridized carbons (Fsp3) is 0.500. The van der Waals surface area contributed by atoms with Crippen molar-refractivity contribution in [2.75, 3.05) is 33.8 Å². The SMILES string of the molecule is COc1ccc(CNCCC2CCN(C)CC2)cc1OCc1cccnc1. The zero-order valence-electron chi connectivity index (χ0n) is 16.5. The minimum atomic E-state index is 0.483. The minimum Gasteiger partial charge on any atom is -0.493 e. The number of aromatic nitrogens is 1. The summed E-state index contributed by atoms with van der Waals surface area (Å²) in [6.45, 7) is 4.87. The number of hydrogen-bond acceptors (Lipinski definition) is 5. The summed E-state index contributed by atoms with van der Waals surface area (Å²) in [5.74, 6) is 2.40. The van der Waals surface area contributed by atoms with Gasteiger partial charge >= 0.3 is 0 Å². The van der Waals surface area contributed by atoms with E-state index in [1.807, 2.05) is 24.4 Å². The predicted octanol–water partition coefficient (Wildman–Crippen LogP) is 3.49. The van der Waals surface area contributed by atoms with Crippen molar-refractivity contribution in [3.8, 4) is 11.5 Å². The van der Waals surface area contributed by atoms with Gasteiger partial charge in [-0.1, -0.05) is 12.1 Å². The van der Waals surface area contributed by atoms with Crippen molar-refractivity contribution >= 4 is 0 Å². The van der Waals surface area contributed by atoms with Crippen LogP contribution >= 0.6 is 0 Å². The van der Waals surface area contributed by atoms with Crippen molar-refractivity contribution in [3.05, 3.63) is 53.9 Å². The van der Waals surface area contributed by atoms with E-state index < -0.39 is 0 Å². The Morgan fingerprint density at radius 2 is 2.00 bits per heavy atom. The molecule has 1 aromatic heterocycles. The van der Waals surface area contributed by atoms with E-state index in [4.69, 9.17) is 9.47 Å². The highest BCUT2D eigenvalue weighted by atomic mass is 16.5. The largest absolute Gasteiger partial charge is 0.493 e. The molecule has 0 amide bonds. The summed E-state index contributed by atoms with van der Waals surface area (Å²) in [6.07, 6.45) is 7.50. The first-order chi connectivity index (χ1) is 13.2. The third-order valence-electron chi connectivity index (χ3n) is 5.24. The Balaban J connectivity index is 1.47. The third kappa shape index (κ3) is 6.22. The molecule has 1 N–H and O–H groups in total. The lowest BCUT2D eigenvalue weighted by Crippen LogP contribution is -2.31. The summed E-state index contributed by atoms with van der Waals surface area (Å²) in [5.41, 5.74) is 2.25. The summed E-state index contributed by atoms with van der Waals surface area (Å²) in [6, 6.07) is 10.1. The second-order valence-corrected chi connectivity index (χ2v) is 7.35. The second kappa shape index (κ2) is 10.3. The first-order valence-corrected chi connectivity index (χ1v) is 9.82. The van der Waals surface area contributed by atoms with Crippen LogP contribution in [0.5, 0.6) is 11.5 Å². The molecule has 0 bridgehead atoms. The molecule has 5 heteroatoms. The van der Waals surface area contributed by atoms with E-state index in [9.17, 15) is 0 Å². The van der Waals surface area contributed by atoms with Crippen molar-refractivity contribution in [1.29, 1.82) is 0 Å². The molecule has 146 valence electrons. The van der Waals surface area contributed by atoms with Crippen molar-refractivity contribution in [2.45, 2.75) is 32.4 Å². The average molecular weight is 370 g/mol. The van der Waals surface area contributed by atoms with Gasteiger partial charge in [0.25, 0.3) is 0 Å². The first kappa shape index (κ1) is 19.6. The molecule has 1 aromatic carbocycles. The normalized spacial score (nSPS) is 15.6. The van der Waals surface area contributed by atoms with Crippen molar-refractivity contribution in [2.24, 2.45) is 5.92 Å². The van der Waals surface area contributed by atoms with Gasteiger partial charge in [0.2, 0.25) is 0 Å². The standard InChI is InChI=1S/C22H31N3O2/c1-25-12-8-18(9-13-25)7-11-24-15-19-5-6-21(26-2)22(14-19)27-17-20-4-3-10-23-16-20/h3-6,10,14,16,18,24H,7-9,11-13,15,17H2,1-2H3. The molecule has 27 heavy (non-hydrogen) atoms. The predicted molar refractivity (Wildman–Crippen MR) is 108 cm³/mol. The third-order valence-corrected chi connectivity index (χ3v) is 5.24. The number of ether oxygens (including phenoxy) is 2. The Kier molecular flexibility index (Phi) is 7.48. The molecule has 0 saturated carbocycles. The van der Waals surface area contributed by atoms with Crippen molar-refractivity contribution < 1.29 is 9.47 Å². The highest BCUT2D eigenvalue weighted by molar-refractivity contribution is 5.43. The number of rotatable bonds is 9. The van der Waals surface area contributed by atoms with E-state index in [0.29, 0.717) is 6.61 Å². The number of piperidine rings is 1. The maximum absolute atomic E-state index is 5.97. The van der Waals surface area contributed by atoms with Gasteiger partial charge in [-0.25, -0.2) is 0 Å². The topological polar surface area (TPSA) is 46.6 Å². The van der Waals surface area contributed by atoms with Gasteiger partial charge in [0.05, 0.1) is 7.11 Å². The van der Waals surface area contributed by atoms with E-state index in [1.165, 1.54) is 37.9 Å². The lowest BCUT2D eigenvalue weighted by molar-refractivity contribution is 0.211. The van der Waals surface area contributed by atoms with Gasteiger partial charge in [-0.2, -0.15) is 0 Å². The molecule has 1 fully saturated rings. The molecule has 1 saturated heterocycles. The van der Waals surface area contributed by atoms with E-state index in [2.05, 4.69) is 34.4 Å². The zero-order valence-corrected chi connectivity index (χ0v) is 16.5. The average Bonchev–Trinajstić information content (AvgIpc) is 2.72. The molecule has 1 aliphatic rings. The van der Waals surface area contributed by atoms with Crippen molar-refractivity contribution in [3.63, 3.8) is 0 Å². The molecule has 0 spiro atoms. The summed E-state index contributed by atoms with van der Waals surface area (Å²) in [4.78, 5) is 6.55. The fourth-order valence-electron chi connectivity index (χ4n) is 3.48. The summed E-state index contributed by atoms with van der Waals surface area (Å²) in [5, 5.41) is 3.58. The summed E-state index contributed by atoms with van der Waals surface area (Å²) >= 11 is 0. The summed E-state index contributed by atoms with van der Waals surface area (Å²) < 4.78 is 11.4. The molecular formula is C22H31N3O2. The van der Waals surface area contributed by atoms with Crippen LogP contribution in [0.3, 0.4) is 0 Å². The molecule has 0 radical (unpaired) electrons. The van der Waals surface area contributed by atoms with E-state index in [0.717, 1.165) is 36.1 Å². The van der Waals surface area contributed by atoms with Gasteiger partial charge < -0.3 is 19.7 Å². The molecule has 1 aliphatic heterocycles. The lowest BCUT2D eigenvalue weighted by Gasteiger charge is -2.28. The highest BCUT2D eigenvalue weighted by Crippen LogP contribution is 2.29. The smallest absolute Gasteiger partial charge is 0.161 e. The number of nitrogens with zero attached hydrogens (tertiary/aromatic N) is 2. The van der Waals surface area contributed by atoms with Crippen LogP contribution in [0.1, 0.15) is 30.4 Å². The maximum Gasteiger partial charge on any atom is 0.161 e. The Morgan fingerprint density at radius 3 is 2.74 bits per heavy atom. The molecule has 3 rings (SSSR count). The van der Waals surface area contributed by atoms with Gasteiger partial charge in [-0.05, 0) is 75.6 Å². The Morgan fingerprint density at radius 1 is 1.15 bits per heavy atom. The van der Waals surface area contributed by atoms with Crippen LogP contribution in [-0.2, 0) is 13.2 Å². The second-order valence-electron chi connectivity index (χ2n) is 7.35.